The molecule has 0 aliphatic rings. The molecule has 0 spiro atoms. The highest BCUT2D eigenvalue weighted by molar-refractivity contribution is 6.30. The summed E-state index contributed by atoms with van der Waals surface area (Å²) in [5.41, 5.74) is 1.17. The van der Waals surface area contributed by atoms with E-state index < -0.39 is 0 Å². The maximum atomic E-state index is 8.97. The smallest absolute Gasteiger partial charge is 0.0616 e. The van der Waals surface area contributed by atoms with E-state index in [9.17, 15) is 0 Å². The summed E-state index contributed by atoms with van der Waals surface area (Å²) < 4.78 is 5.12. The molecule has 0 fully saturated rings. The van der Waals surface area contributed by atoms with Crippen LogP contribution in [-0.2, 0) is 4.74 Å². The molecule has 0 heterocycles. The van der Waals surface area contributed by atoms with Gasteiger partial charge in [0.1, 0.15) is 0 Å². The Labute approximate surface area is 108 Å². The van der Waals surface area contributed by atoms with E-state index in [0.29, 0.717) is 13.0 Å². The van der Waals surface area contributed by atoms with Crippen molar-refractivity contribution >= 4 is 11.6 Å². The van der Waals surface area contributed by atoms with Crippen molar-refractivity contribution in [3.05, 3.63) is 34.9 Å². The number of rotatable bonds is 7. The number of methoxy groups -OCH3 is 1. The summed E-state index contributed by atoms with van der Waals surface area (Å²) in [6.45, 7) is 2.84. The summed E-state index contributed by atoms with van der Waals surface area (Å²) in [6.07, 6.45) is 0.686. The van der Waals surface area contributed by atoms with Crippen LogP contribution in [0.25, 0.3) is 0 Å². The van der Waals surface area contributed by atoms with Gasteiger partial charge < -0.3 is 15.2 Å². The minimum atomic E-state index is 0.161. The fourth-order valence-electron chi connectivity index (χ4n) is 1.77. The second kappa shape index (κ2) is 7.67. The Bertz CT molecular complexity index is 310. The predicted octanol–water partition coefficient (Wildman–Crippen LogP) is 2.39. The Morgan fingerprint density at radius 1 is 1.35 bits per heavy atom. The molecule has 2 N–H and O–H groups in total. The van der Waals surface area contributed by atoms with E-state index in [1.165, 1.54) is 5.56 Å². The van der Waals surface area contributed by atoms with Gasteiger partial charge in [-0.15, -0.1) is 0 Å². The van der Waals surface area contributed by atoms with Gasteiger partial charge in [0.2, 0.25) is 0 Å². The first-order valence-electron chi connectivity index (χ1n) is 5.78. The van der Waals surface area contributed by atoms with Crippen molar-refractivity contribution in [1.82, 2.24) is 5.32 Å². The van der Waals surface area contributed by atoms with E-state index in [1.807, 2.05) is 24.3 Å². The molecule has 0 radical (unpaired) electrons. The van der Waals surface area contributed by atoms with Crippen molar-refractivity contribution < 1.29 is 9.84 Å². The van der Waals surface area contributed by atoms with Gasteiger partial charge in [-0.3, -0.25) is 0 Å². The zero-order valence-corrected chi connectivity index (χ0v) is 11.1. The average Bonchev–Trinajstić information content (AvgIpc) is 2.30. The van der Waals surface area contributed by atoms with Crippen LogP contribution in [0.15, 0.2) is 24.3 Å². The molecule has 1 aromatic carbocycles. The lowest BCUT2D eigenvalue weighted by Crippen LogP contribution is -2.35. The molecule has 0 saturated carbocycles. The van der Waals surface area contributed by atoms with Gasteiger partial charge in [-0.1, -0.05) is 23.7 Å². The fourth-order valence-corrected chi connectivity index (χ4v) is 1.90. The Hall–Kier alpha value is -0.610. The van der Waals surface area contributed by atoms with Crippen LogP contribution in [0.1, 0.15) is 24.9 Å². The van der Waals surface area contributed by atoms with Crippen LogP contribution >= 0.6 is 11.6 Å². The number of hydrogen-bond donors (Lipinski definition) is 2. The van der Waals surface area contributed by atoms with Crippen molar-refractivity contribution in [2.75, 3.05) is 20.3 Å². The zero-order chi connectivity index (χ0) is 12.7. The number of halogens is 1. The third-order valence-electron chi connectivity index (χ3n) is 2.70. The molecule has 1 rings (SSSR count). The summed E-state index contributed by atoms with van der Waals surface area (Å²) >= 11 is 5.85. The maximum absolute atomic E-state index is 8.97. The summed E-state index contributed by atoms with van der Waals surface area (Å²) in [7, 11) is 1.67. The number of aliphatic hydroxyl groups is 1. The zero-order valence-electron chi connectivity index (χ0n) is 10.3. The van der Waals surface area contributed by atoms with Gasteiger partial charge in [-0.05, 0) is 31.0 Å². The van der Waals surface area contributed by atoms with Crippen molar-refractivity contribution in [3.8, 4) is 0 Å². The van der Waals surface area contributed by atoms with E-state index in [1.54, 1.807) is 7.11 Å². The molecule has 0 amide bonds. The lowest BCUT2D eigenvalue weighted by molar-refractivity contribution is 0.143. The monoisotopic (exact) mass is 257 g/mol. The molecule has 96 valence electrons. The summed E-state index contributed by atoms with van der Waals surface area (Å²) in [5, 5.41) is 13.1. The lowest BCUT2D eigenvalue weighted by atomic mass is 10.1. The Kier molecular flexibility index (Phi) is 6.52. The molecule has 3 nitrogen and oxygen atoms in total. The van der Waals surface area contributed by atoms with E-state index in [4.69, 9.17) is 21.4 Å². The maximum Gasteiger partial charge on any atom is 0.0616 e. The van der Waals surface area contributed by atoms with Crippen LogP contribution in [-0.4, -0.2) is 31.5 Å². The summed E-state index contributed by atoms with van der Waals surface area (Å²) in [4.78, 5) is 0. The second-order valence-electron chi connectivity index (χ2n) is 4.10. The van der Waals surface area contributed by atoms with Crippen molar-refractivity contribution in [2.24, 2.45) is 0 Å². The van der Waals surface area contributed by atoms with Gasteiger partial charge in [0.05, 0.1) is 6.61 Å². The molecular formula is C13H20ClNO2. The number of ether oxygens (including phenoxy) is 1. The number of aliphatic hydroxyl groups excluding tert-OH is 1. The summed E-state index contributed by atoms with van der Waals surface area (Å²) in [5.74, 6) is 0. The molecule has 0 bridgehead atoms. The van der Waals surface area contributed by atoms with E-state index >= 15 is 0 Å². The Balaban J connectivity index is 2.56. The molecule has 0 aliphatic carbocycles. The second-order valence-corrected chi connectivity index (χ2v) is 4.54. The van der Waals surface area contributed by atoms with Crippen LogP contribution in [0, 0.1) is 0 Å². The number of hydrogen-bond acceptors (Lipinski definition) is 3. The van der Waals surface area contributed by atoms with Crippen molar-refractivity contribution in [2.45, 2.75) is 25.4 Å². The molecule has 4 heteroatoms. The van der Waals surface area contributed by atoms with E-state index in [-0.39, 0.29) is 18.7 Å². The van der Waals surface area contributed by atoms with Crippen LogP contribution in [0.2, 0.25) is 5.02 Å². The van der Waals surface area contributed by atoms with Gasteiger partial charge in [-0.2, -0.15) is 0 Å². The van der Waals surface area contributed by atoms with Gasteiger partial charge >= 0.3 is 0 Å². The molecule has 2 unspecified atom stereocenters. The SMILES string of the molecule is COCC(CCO)NC(C)c1ccc(Cl)cc1. The normalized spacial score (nSPS) is 14.6. The predicted molar refractivity (Wildman–Crippen MR) is 70.4 cm³/mol. The highest BCUT2D eigenvalue weighted by Gasteiger charge is 2.12. The van der Waals surface area contributed by atoms with Crippen LogP contribution in [0.5, 0.6) is 0 Å². The molecule has 0 aliphatic heterocycles. The summed E-state index contributed by atoms with van der Waals surface area (Å²) in [6, 6.07) is 8.14. The first kappa shape index (κ1) is 14.5. The molecule has 17 heavy (non-hydrogen) atoms. The largest absolute Gasteiger partial charge is 0.396 e. The van der Waals surface area contributed by atoms with Gasteiger partial charge in [0.15, 0.2) is 0 Å². The first-order valence-corrected chi connectivity index (χ1v) is 6.16. The molecule has 0 saturated heterocycles. The van der Waals surface area contributed by atoms with Gasteiger partial charge in [0, 0.05) is 30.8 Å². The molecule has 0 aromatic heterocycles. The van der Waals surface area contributed by atoms with Crippen LogP contribution in [0.3, 0.4) is 0 Å². The van der Waals surface area contributed by atoms with Gasteiger partial charge in [0.25, 0.3) is 0 Å². The highest BCUT2D eigenvalue weighted by Crippen LogP contribution is 2.16. The average molecular weight is 258 g/mol. The van der Waals surface area contributed by atoms with Crippen LogP contribution < -0.4 is 5.32 Å². The minimum absolute atomic E-state index is 0.161. The van der Waals surface area contributed by atoms with Crippen LogP contribution in [0.4, 0.5) is 0 Å². The standard InChI is InChI=1S/C13H20ClNO2/c1-10(11-3-5-12(14)6-4-11)15-13(7-8-16)9-17-2/h3-6,10,13,15-16H,7-9H2,1-2H3. The number of nitrogens with one attached hydrogen (secondary N) is 1. The highest BCUT2D eigenvalue weighted by atomic mass is 35.5. The minimum Gasteiger partial charge on any atom is -0.396 e. The Morgan fingerprint density at radius 3 is 2.53 bits per heavy atom. The number of benzene rings is 1. The third-order valence-corrected chi connectivity index (χ3v) is 2.95. The molecule has 2 atom stereocenters. The third kappa shape index (κ3) is 5.04. The van der Waals surface area contributed by atoms with Crippen molar-refractivity contribution in [1.29, 1.82) is 0 Å². The fraction of sp³-hybridized carbons (Fsp3) is 0.538. The molecule has 1 aromatic rings. The van der Waals surface area contributed by atoms with E-state index in [2.05, 4.69) is 12.2 Å². The molecular weight excluding hydrogens is 238 g/mol. The topological polar surface area (TPSA) is 41.5 Å². The first-order chi connectivity index (χ1) is 8.17. The van der Waals surface area contributed by atoms with E-state index in [0.717, 1.165) is 5.02 Å². The van der Waals surface area contributed by atoms with Crippen molar-refractivity contribution in [3.63, 3.8) is 0 Å². The lowest BCUT2D eigenvalue weighted by Gasteiger charge is -2.22. The quantitative estimate of drug-likeness (QED) is 0.788. The van der Waals surface area contributed by atoms with Gasteiger partial charge in [-0.25, -0.2) is 0 Å². The Morgan fingerprint density at radius 2 is 2.00 bits per heavy atom.